The number of fused-ring (bicyclic) bond motifs is 1. The zero-order chi connectivity index (χ0) is 56.1. The molecule has 17 atom stereocenters. The van der Waals surface area contributed by atoms with Crippen LogP contribution in [0.25, 0.3) is 10.9 Å². The number of aliphatic hydroxyl groups is 3. The number of nitrogens with one attached hydrogen (secondary N) is 1. The van der Waals surface area contributed by atoms with Crippen molar-refractivity contribution in [3.8, 4) is 0 Å². The van der Waals surface area contributed by atoms with E-state index in [1.807, 2.05) is 32.0 Å². The van der Waals surface area contributed by atoms with E-state index in [1.165, 1.54) is 39.1 Å². The summed E-state index contributed by atoms with van der Waals surface area (Å²) >= 11 is 1.47. The third kappa shape index (κ3) is 14.1. The van der Waals surface area contributed by atoms with Crippen molar-refractivity contribution >= 4 is 46.4 Å². The predicted octanol–water partition coefficient (Wildman–Crippen LogP) is 3.34. The second kappa shape index (κ2) is 25.8. The van der Waals surface area contributed by atoms with E-state index in [4.69, 9.17) is 37.9 Å². The van der Waals surface area contributed by atoms with Crippen LogP contribution in [-0.2, 0) is 52.3 Å². The van der Waals surface area contributed by atoms with Gasteiger partial charge in [-0.2, -0.15) is 0 Å². The number of methoxy groups -OCH3 is 2. The Morgan fingerprint density at radius 3 is 2.17 bits per heavy atom. The maximum absolute atomic E-state index is 14.4. The van der Waals surface area contributed by atoms with Gasteiger partial charge >= 0.3 is 17.9 Å². The van der Waals surface area contributed by atoms with Crippen LogP contribution in [0.15, 0.2) is 34.1 Å². The fourth-order valence-electron chi connectivity index (χ4n) is 10.8. The molecule has 3 aliphatic rings. The molecule has 0 bridgehead atoms. The van der Waals surface area contributed by atoms with Crippen LogP contribution in [0.2, 0.25) is 0 Å². The number of nitrogens with zero attached hydrogens (tertiary/aromatic N) is 3. The number of Topliss-reactive ketones (excluding diaryl/α,β-unsaturated/α-hetero) is 1. The molecule has 21 nitrogen and oxygen atoms in total. The van der Waals surface area contributed by atoms with E-state index in [2.05, 4.69) is 5.32 Å². The molecule has 3 aliphatic heterocycles. The number of carboxylic acids is 1. The van der Waals surface area contributed by atoms with Gasteiger partial charge in [0.1, 0.15) is 35.1 Å². The number of rotatable bonds is 18. The average Bonchev–Trinajstić information content (AvgIpc) is 3.35. The molecule has 3 fully saturated rings. The fourth-order valence-corrected chi connectivity index (χ4v) is 11.7. The zero-order valence-electron chi connectivity index (χ0n) is 46.4. The quantitative estimate of drug-likeness (QED) is 0.0814. The van der Waals surface area contributed by atoms with Gasteiger partial charge in [0.2, 0.25) is 5.43 Å². The van der Waals surface area contributed by atoms with Crippen molar-refractivity contribution in [1.29, 1.82) is 0 Å². The molecule has 5 rings (SSSR count). The van der Waals surface area contributed by atoms with Crippen molar-refractivity contribution in [3.05, 3.63) is 40.2 Å². The van der Waals surface area contributed by atoms with Crippen molar-refractivity contribution < 1.29 is 77.5 Å². The number of pyridine rings is 1. The number of carbonyl (C=O) groups is 4. The largest absolute Gasteiger partial charge is 0.477 e. The third-order valence-electron chi connectivity index (χ3n) is 15.5. The number of carboxylic acid groups (broad SMARTS) is 1. The molecule has 3 saturated heterocycles. The van der Waals surface area contributed by atoms with E-state index in [-0.39, 0.29) is 48.8 Å². The Balaban J connectivity index is 1.33. The molecular formula is C53H84N4O17S. The maximum atomic E-state index is 14.4. The predicted molar refractivity (Wildman–Crippen MR) is 279 cm³/mol. The monoisotopic (exact) mass is 1080 g/mol. The van der Waals surface area contributed by atoms with Gasteiger partial charge in [0, 0.05) is 87.9 Å². The number of aromatic nitrogens is 1. The van der Waals surface area contributed by atoms with Crippen LogP contribution in [0.5, 0.6) is 0 Å². The van der Waals surface area contributed by atoms with Crippen molar-refractivity contribution in [1.82, 2.24) is 14.9 Å². The first-order valence-corrected chi connectivity index (χ1v) is 26.9. The zero-order valence-corrected chi connectivity index (χ0v) is 47.2. The number of hydrogen-bond donors (Lipinski definition) is 5. The lowest BCUT2D eigenvalue weighted by Crippen LogP contribution is -2.61. The number of carbonyl (C=O) groups excluding carboxylic acids is 3. The number of hydrogen-bond acceptors (Lipinski definition) is 20. The standard InChI is InChI=1S/C53H84N4O17S/c1-16-38-53(9,66)45(62)41(59)28(2)25-51(7,67-14)46(74-50-43(61)37(55(10)11)23-29(3)69-50)30(4)44(31(5)49(65)71-38)73-40-26-52(8,68-15)47(32(6)70-40)72-39(58)19-20-54-21-22-75-33-17-18-36-34(24-33)42(60)35(48(63)64)27-57(36)56(12)13/h17-18,24,27-32,37-38,40,43-47,50,54,61-62,66H,16,19-23,25-26H2,1-15H3,(H,63,64)/t28-,29-,30+,31-,32+,37+,38-,40+,43-,44+,45-,46-,47+,50+,51-,52-,53-/m1/s1. The number of aliphatic hydroxyl groups excluding tert-OH is 2. The first-order chi connectivity index (χ1) is 35.0. The minimum atomic E-state index is -2.18. The summed E-state index contributed by atoms with van der Waals surface area (Å²) in [6.07, 6.45) is -8.86. The molecule has 424 valence electrons. The highest BCUT2D eigenvalue weighted by molar-refractivity contribution is 7.99. The van der Waals surface area contributed by atoms with Crippen molar-refractivity contribution in [3.63, 3.8) is 0 Å². The van der Waals surface area contributed by atoms with E-state index in [1.54, 1.807) is 84.4 Å². The van der Waals surface area contributed by atoms with Gasteiger partial charge in [0.15, 0.2) is 24.5 Å². The number of ether oxygens (including phenoxy) is 8. The van der Waals surface area contributed by atoms with Gasteiger partial charge in [-0.3, -0.25) is 23.9 Å². The Morgan fingerprint density at radius 2 is 1.57 bits per heavy atom. The molecule has 0 unspecified atom stereocenters. The van der Waals surface area contributed by atoms with Crippen molar-refractivity contribution in [2.45, 2.75) is 184 Å². The number of esters is 2. The second-order valence-electron chi connectivity index (χ2n) is 21.7. The summed E-state index contributed by atoms with van der Waals surface area (Å²) < 4.78 is 52.5. The smallest absolute Gasteiger partial charge is 0.341 e. The summed E-state index contributed by atoms with van der Waals surface area (Å²) in [6, 6.07) is 4.99. The summed E-state index contributed by atoms with van der Waals surface area (Å²) in [5.74, 6) is -5.55. The molecule has 4 heterocycles. The Kier molecular flexibility index (Phi) is 21.3. The van der Waals surface area contributed by atoms with Gasteiger partial charge in [-0.25, -0.2) is 4.79 Å². The average molecular weight is 1080 g/mol. The minimum Gasteiger partial charge on any atom is -0.477 e. The Labute approximate surface area is 445 Å². The number of benzene rings is 1. The number of cyclic esters (lactones) is 1. The SMILES string of the molecule is CC[C@H]1OC(=O)[C@H](C)[C@@H](O[C@H]2C[C@@](C)(OC)[C@@H](OC(=O)CCNCCSc3ccc4c(c3)c(=O)c(C(=O)O)cn4N(C)C)[C@H](C)O2)[C@H](C)[C@@H](O[C@@H]2O[C@H](C)C[C@H](N(C)C)[C@H]2O)[C@](C)(OC)C[C@@H](C)C(=O)[C@@H](O)[C@]1(C)O. The van der Waals surface area contributed by atoms with Crippen LogP contribution < -0.4 is 15.8 Å². The van der Waals surface area contributed by atoms with Crippen LogP contribution in [0, 0.1) is 17.8 Å². The number of ketones is 1. The van der Waals surface area contributed by atoms with Crippen LogP contribution in [0.3, 0.4) is 0 Å². The minimum absolute atomic E-state index is 0.0187. The highest BCUT2D eigenvalue weighted by Crippen LogP contribution is 2.42. The summed E-state index contributed by atoms with van der Waals surface area (Å²) in [6.45, 7) is 15.9. The molecule has 0 amide bonds. The molecule has 2 aromatic rings. The molecule has 0 spiro atoms. The van der Waals surface area contributed by atoms with E-state index in [0.717, 1.165) is 4.90 Å². The number of thioether (sulfide) groups is 1. The Bertz CT molecular complexity index is 2350. The van der Waals surface area contributed by atoms with Crippen LogP contribution in [-0.4, -0.2) is 199 Å². The summed E-state index contributed by atoms with van der Waals surface area (Å²) in [4.78, 5) is 69.4. The van der Waals surface area contributed by atoms with Gasteiger partial charge < -0.3 is 73.5 Å². The topological polar surface area (TPSA) is 264 Å². The maximum Gasteiger partial charge on any atom is 0.341 e. The highest BCUT2D eigenvalue weighted by Gasteiger charge is 2.55. The van der Waals surface area contributed by atoms with Crippen LogP contribution >= 0.6 is 11.8 Å². The van der Waals surface area contributed by atoms with E-state index in [9.17, 15) is 44.4 Å². The third-order valence-corrected chi connectivity index (χ3v) is 16.5. The molecule has 0 aliphatic carbocycles. The summed E-state index contributed by atoms with van der Waals surface area (Å²) in [5.41, 5.74) is -5.02. The lowest BCUT2D eigenvalue weighted by atomic mass is 9.75. The Morgan fingerprint density at radius 1 is 0.920 bits per heavy atom. The van der Waals surface area contributed by atoms with Gasteiger partial charge in [0.05, 0.1) is 47.9 Å². The van der Waals surface area contributed by atoms with Gasteiger partial charge in [-0.1, -0.05) is 20.8 Å². The molecule has 1 aromatic heterocycles. The van der Waals surface area contributed by atoms with Crippen molar-refractivity contribution in [2.75, 3.05) is 66.3 Å². The van der Waals surface area contributed by atoms with Crippen LogP contribution in [0.1, 0.15) is 105 Å². The van der Waals surface area contributed by atoms with E-state index < -0.39 is 119 Å². The number of aromatic carboxylic acids is 1. The Hall–Kier alpha value is -3.78. The molecule has 0 saturated carbocycles. The highest BCUT2D eigenvalue weighted by atomic mass is 32.2. The molecule has 0 radical (unpaired) electrons. The molecule has 22 heteroatoms. The summed E-state index contributed by atoms with van der Waals surface area (Å²) in [5, 5.41) is 49.8. The molecule has 5 N–H and O–H groups in total. The first kappa shape index (κ1) is 62.1. The van der Waals surface area contributed by atoms with E-state index in [0.29, 0.717) is 30.8 Å². The fraction of sp³-hybridized carbons (Fsp3) is 0.755. The number of likely N-dealkylation sites (N-methyl/N-ethyl adjacent to an activating group) is 1. The molecule has 1 aromatic carbocycles. The van der Waals surface area contributed by atoms with E-state index >= 15 is 0 Å². The van der Waals surface area contributed by atoms with Crippen LogP contribution in [0.4, 0.5) is 0 Å². The van der Waals surface area contributed by atoms with Gasteiger partial charge in [-0.05, 0) is 93.1 Å². The first-order valence-electron chi connectivity index (χ1n) is 25.9. The second-order valence-corrected chi connectivity index (χ2v) is 22.8. The normalized spacial score (nSPS) is 36.3. The van der Waals surface area contributed by atoms with Crippen molar-refractivity contribution in [2.24, 2.45) is 17.8 Å². The molecular weight excluding hydrogens is 997 g/mol. The lowest BCUT2D eigenvalue weighted by molar-refractivity contribution is -0.320. The lowest BCUT2D eigenvalue weighted by Gasteiger charge is -2.49. The molecule has 75 heavy (non-hydrogen) atoms. The van der Waals surface area contributed by atoms with Gasteiger partial charge in [0.25, 0.3) is 0 Å². The van der Waals surface area contributed by atoms with Gasteiger partial charge in [-0.15, -0.1) is 11.8 Å². The summed E-state index contributed by atoms with van der Waals surface area (Å²) in [7, 11) is 10.2.